The standard InChI is InChI=1S/C34H41Cl2FN4O3/c1-2-44-31-8-4-6-29(37)28(31)22-40-17-19-41(20-18-40)34(43)33(38)23-11-14-39(15-12-23)16-13-24-21-25(35)9-10-26(24)27-5-3-7-30(42)32(27)36/h3-10,21,23,33,42H,2,11-20,22,38H2,1H3. The zero-order valence-corrected chi connectivity index (χ0v) is 26.7. The summed E-state index contributed by atoms with van der Waals surface area (Å²) in [7, 11) is 0. The number of phenols is 1. The minimum atomic E-state index is -0.521. The molecule has 7 nitrogen and oxygen atoms in total. The Hall–Kier alpha value is -2.88. The van der Waals surface area contributed by atoms with Crippen LogP contribution in [0.25, 0.3) is 11.1 Å². The van der Waals surface area contributed by atoms with Gasteiger partial charge in [-0.15, -0.1) is 0 Å². The van der Waals surface area contributed by atoms with Crippen LogP contribution in [-0.2, 0) is 17.8 Å². The van der Waals surface area contributed by atoms with Gasteiger partial charge in [0.1, 0.15) is 17.3 Å². The Morgan fingerprint density at radius 2 is 1.73 bits per heavy atom. The number of halogens is 3. The first-order valence-electron chi connectivity index (χ1n) is 15.4. The lowest BCUT2D eigenvalue weighted by Crippen LogP contribution is -2.55. The van der Waals surface area contributed by atoms with Crippen molar-refractivity contribution in [1.29, 1.82) is 0 Å². The number of hydrogen-bond donors (Lipinski definition) is 2. The van der Waals surface area contributed by atoms with Gasteiger partial charge in [-0.25, -0.2) is 4.39 Å². The van der Waals surface area contributed by atoms with Crippen LogP contribution < -0.4 is 10.5 Å². The van der Waals surface area contributed by atoms with Gasteiger partial charge in [0, 0.05) is 55.4 Å². The molecule has 2 aliphatic rings. The number of piperazine rings is 1. The molecular formula is C34H41Cl2FN4O3. The SMILES string of the molecule is CCOc1cccc(F)c1CN1CCN(C(=O)C(N)C2CCN(CCc3cc(Cl)ccc3-c3cccc(O)c3Cl)CC2)CC1. The molecule has 3 N–H and O–H groups in total. The van der Waals surface area contributed by atoms with Crippen LogP contribution in [0.15, 0.2) is 54.6 Å². The Balaban J connectivity index is 1.10. The number of piperidine rings is 1. The second-order valence-electron chi connectivity index (χ2n) is 11.6. The third-order valence-corrected chi connectivity index (χ3v) is 9.53. The van der Waals surface area contributed by atoms with Crippen molar-refractivity contribution in [2.24, 2.45) is 11.7 Å². The van der Waals surface area contributed by atoms with Crippen LogP contribution >= 0.6 is 23.2 Å². The molecule has 2 fully saturated rings. The maximum atomic E-state index is 14.5. The van der Waals surface area contributed by atoms with Crippen LogP contribution in [0.1, 0.15) is 30.9 Å². The van der Waals surface area contributed by atoms with E-state index >= 15 is 0 Å². The summed E-state index contributed by atoms with van der Waals surface area (Å²) >= 11 is 12.8. The van der Waals surface area contributed by atoms with Crippen LogP contribution in [-0.4, -0.2) is 84.2 Å². The highest BCUT2D eigenvalue weighted by Crippen LogP contribution is 2.37. The Bertz CT molecular complexity index is 1440. The number of ether oxygens (including phenoxy) is 1. The Morgan fingerprint density at radius 3 is 2.45 bits per heavy atom. The fraction of sp³-hybridized carbons (Fsp3) is 0.441. The molecule has 5 rings (SSSR count). The summed E-state index contributed by atoms with van der Waals surface area (Å²) in [5.41, 5.74) is 9.93. The van der Waals surface area contributed by atoms with Crippen LogP contribution in [0.2, 0.25) is 10.0 Å². The molecule has 0 spiro atoms. The molecule has 10 heteroatoms. The minimum Gasteiger partial charge on any atom is -0.506 e. The molecule has 2 heterocycles. The van der Waals surface area contributed by atoms with Crippen molar-refractivity contribution >= 4 is 29.1 Å². The van der Waals surface area contributed by atoms with Crippen molar-refractivity contribution in [1.82, 2.24) is 14.7 Å². The molecule has 0 aliphatic carbocycles. The molecule has 44 heavy (non-hydrogen) atoms. The van der Waals surface area contributed by atoms with Crippen molar-refractivity contribution in [3.63, 3.8) is 0 Å². The van der Waals surface area contributed by atoms with E-state index in [1.54, 1.807) is 24.3 Å². The van der Waals surface area contributed by atoms with Crippen molar-refractivity contribution < 1.29 is 19.0 Å². The molecular weight excluding hydrogens is 602 g/mol. The molecule has 3 aromatic carbocycles. The first kappa shape index (κ1) is 32.5. The molecule has 3 aromatic rings. The number of rotatable bonds is 10. The van der Waals surface area contributed by atoms with E-state index in [2.05, 4.69) is 9.80 Å². The summed E-state index contributed by atoms with van der Waals surface area (Å²) in [5.74, 6) is 0.510. The molecule has 2 saturated heterocycles. The van der Waals surface area contributed by atoms with Crippen LogP contribution in [0.3, 0.4) is 0 Å². The topological polar surface area (TPSA) is 82.3 Å². The number of carbonyl (C=O) groups is 1. The van der Waals surface area contributed by atoms with E-state index in [4.69, 9.17) is 33.7 Å². The maximum Gasteiger partial charge on any atom is 0.239 e. The number of nitrogens with zero attached hydrogens (tertiary/aromatic N) is 3. The molecule has 0 radical (unpaired) electrons. The van der Waals surface area contributed by atoms with Gasteiger partial charge in [0.2, 0.25) is 5.91 Å². The number of hydrogen-bond acceptors (Lipinski definition) is 6. The molecule has 0 bridgehead atoms. The maximum absolute atomic E-state index is 14.5. The highest BCUT2D eigenvalue weighted by atomic mass is 35.5. The van der Waals surface area contributed by atoms with Gasteiger partial charge in [-0.05, 0) is 86.7 Å². The largest absolute Gasteiger partial charge is 0.506 e. The fourth-order valence-electron chi connectivity index (χ4n) is 6.32. The van der Waals surface area contributed by atoms with Crippen LogP contribution in [0, 0.1) is 11.7 Å². The van der Waals surface area contributed by atoms with E-state index in [0.29, 0.717) is 60.7 Å². The second kappa shape index (κ2) is 14.9. The van der Waals surface area contributed by atoms with Crippen molar-refractivity contribution in [3.8, 4) is 22.6 Å². The van der Waals surface area contributed by atoms with Gasteiger partial charge in [0.25, 0.3) is 0 Å². The Labute approximate surface area is 269 Å². The monoisotopic (exact) mass is 642 g/mol. The van der Waals surface area contributed by atoms with E-state index < -0.39 is 6.04 Å². The molecule has 0 saturated carbocycles. The molecule has 1 amide bonds. The molecule has 1 unspecified atom stereocenters. The summed E-state index contributed by atoms with van der Waals surface area (Å²) in [5, 5.41) is 11.1. The second-order valence-corrected chi connectivity index (χ2v) is 12.5. The van der Waals surface area contributed by atoms with E-state index in [-0.39, 0.29) is 23.4 Å². The molecule has 0 aromatic heterocycles. The van der Waals surface area contributed by atoms with Gasteiger partial charge in [0.15, 0.2) is 0 Å². The van der Waals surface area contributed by atoms with Gasteiger partial charge < -0.3 is 25.4 Å². The van der Waals surface area contributed by atoms with Crippen LogP contribution in [0.4, 0.5) is 4.39 Å². The zero-order valence-electron chi connectivity index (χ0n) is 25.2. The van der Waals surface area contributed by atoms with Gasteiger partial charge in [-0.1, -0.05) is 47.5 Å². The summed E-state index contributed by atoms with van der Waals surface area (Å²) in [6, 6.07) is 15.4. The normalized spacial score (nSPS) is 17.5. The highest BCUT2D eigenvalue weighted by molar-refractivity contribution is 6.35. The molecule has 1 atom stereocenters. The number of benzene rings is 3. The average molecular weight is 644 g/mol. The van der Waals surface area contributed by atoms with Gasteiger partial charge in [0.05, 0.1) is 17.7 Å². The highest BCUT2D eigenvalue weighted by Gasteiger charge is 2.33. The lowest BCUT2D eigenvalue weighted by atomic mass is 9.88. The Kier molecular flexibility index (Phi) is 11.0. The van der Waals surface area contributed by atoms with E-state index in [9.17, 15) is 14.3 Å². The predicted octanol–water partition coefficient (Wildman–Crippen LogP) is 5.83. The lowest BCUT2D eigenvalue weighted by Gasteiger charge is -2.39. The number of phenolic OH excluding ortho intramolecular Hbond substituents is 1. The third-order valence-electron chi connectivity index (χ3n) is 8.90. The first-order valence-corrected chi connectivity index (χ1v) is 16.2. The first-order chi connectivity index (χ1) is 21.2. The van der Waals surface area contributed by atoms with Gasteiger partial charge >= 0.3 is 0 Å². The van der Waals surface area contributed by atoms with Gasteiger partial charge in [-0.2, -0.15) is 0 Å². The minimum absolute atomic E-state index is 0.00978. The van der Waals surface area contributed by atoms with Crippen molar-refractivity contribution in [2.75, 3.05) is 52.4 Å². The summed E-state index contributed by atoms with van der Waals surface area (Å²) < 4.78 is 20.2. The summed E-state index contributed by atoms with van der Waals surface area (Å²) in [4.78, 5) is 19.8. The van der Waals surface area contributed by atoms with E-state index in [0.717, 1.165) is 55.6 Å². The quantitative estimate of drug-likeness (QED) is 0.290. The van der Waals surface area contributed by atoms with Crippen molar-refractivity contribution in [3.05, 3.63) is 81.6 Å². The Morgan fingerprint density at radius 1 is 1.00 bits per heavy atom. The van der Waals surface area contributed by atoms with Crippen molar-refractivity contribution in [2.45, 2.75) is 38.8 Å². The smallest absolute Gasteiger partial charge is 0.239 e. The predicted molar refractivity (Wildman–Crippen MR) is 174 cm³/mol. The van der Waals surface area contributed by atoms with Gasteiger partial charge in [-0.3, -0.25) is 9.69 Å². The summed E-state index contributed by atoms with van der Waals surface area (Å²) in [6.07, 6.45) is 2.50. The number of carbonyl (C=O) groups excluding carboxylic acids is 1. The lowest BCUT2D eigenvalue weighted by molar-refractivity contribution is -0.136. The number of nitrogens with two attached hydrogens (primary N) is 1. The summed E-state index contributed by atoms with van der Waals surface area (Å²) in [6.45, 7) is 7.88. The number of amides is 1. The third kappa shape index (κ3) is 7.66. The molecule has 236 valence electrons. The average Bonchev–Trinajstić information content (AvgIpc) is 3.03. The fourth-order valence-corrected chi connectivity index (χ4v) is 6.74. The number of likely N-dealkylation sites (tertiary alicyclic amines) is 1. The molecule has 2 aliphatic heterocycles. The van der Waals surface area contributed by atoms with E-state index in [1.807, 2.05) is 36.1 Å². The van der Waals surface area contributed by atoms with Crippen LogP contribution in [0.5, 0.6) is 11.5 Å². The zero-order chi connectivity index (χ0) is 31.2. The van der Waals surface area contributed by atoms with E-state index in [1.165, 1.54) is 6.07 Å². The number of aromatic hydroxyl groups is 1.